The van der Waals surface area contributed by atoms with E-state index in [9.17, 15) is 0 Å². The molecule has 0 bridgehead atoms. The minimum absolute atomic E-state index is 0.867. The van der Waals surface area contributed by atoms with Crippen LogP contribution in [0.5, 0.6) is 0 Å². The molecule has 0 aliphatic heterocycles. The highest BCUT2D eigenvalue weighted by molar-refractivity contribution is 9.10. The van der Waals surface area contributed by atoms with Gasteiger partial charge in [-0.15, -0.1) is 0 Å². The van der Waals surface area contributed by atoms with Crippen LogP contribution in [0.2, 0.25) is 0 Å². The lowest BCUT2D eigenvalue weighted by Crippen LogP contribution is -1.97. The first-order valence-electron chi connectivity index (χ1n) is 13.3. The number of para-hydroxylation sites is 4. The Morgan fingerprint density at radius 1 is 0.475 bits per heavy atom. The Morgan fingerprint density at radius 3 is 1.90 bits per heavy atom. The number of aromatic nitrogens is 3. The smallest absolute Gasteiger partial charge is 0.0973 e. The summed E-state index contributed by atoms with van der Waals surface area (Å²) in [7, 11) is 0. The van der Waals surface area contributed by atoms with Gasteiger partial charge in [-0.05, 0) is 59.3 Å². The molecule has 0 saturated carbocycles. The van der Waals surface area contributed by atoms with Gasteiger partial charge in [0.05, 0.1) is 33.5 Å². The zero-order valence-corrected chi connectivity index (χ0v) is 23.0. The van der Waals surface area contributed by atoms with Gasteiger partial charge in [0.2, 0.25) is 0 Å². The van der Waals surface area contributed by atoms with Crippen LogP contribution in [0.3, 0.4) is 0 Å². The molecule has 0 spiro atoms. The quantitative estimate of drug-likeness (QED) is 0.210. The highest BCUT2D eigenvalue weighted by Gasteiger charge is 2.18. The van der Waals surface area contributed by atoms with E-state index in [2.05, 4.69) is 130 Å². The molecule has 0 radical (unpaired) electrons. The lowest BCUT2D eigenvalue weighted by molar-refractivity contribution is 1.18. The molecule has 3 nitrogen and oxygen atoms in total. The predicted octanol–water partition coefficient (Wildman–Crippen LogP) is 9.98. The summed E-state index contributed by atoms with van der Waals surface area (Å²) in [4.78, 5) is 10.4. The second-order valence-corrected chi connectivity index (χ2v) is 10.9. The van der Waals surface area contributed by atoms with E-state index >= 15 is 0 Å². The summed E-state index contributed by atoms with van der Waals surface area (Å²) in [6.07, 6.45) is 0. The maximum Gasteiger partial charge on any atom is 0.0973 e. The summed E-state index contributed by atoms with van der Waals surface area (Å²) in [6, 6.07) is 46.7. The SMILES string of the molecule is Brc1cc(-c2nc3ccccc3nc2-c2ccc3c4ccccc4n(-c4ccccc4)c3c2)cc2ccccc12. The topological polar surface area (TPSA) is 30.7 Å². The Kier molecular flexibility index (Phi) is 5.29. The van der Waals surface area contributed by atoms with Crippen LogP contribution in [-0.4, -0.2) is 14.5 Å². The van der Waals surface area contributed by atoms with Crippen molar-refractivity contribution in [2.24, 2.45) is 0 Å². The summed E-state index contributed by atoms with van der Waals surface area (Å²) in [5.41, 5.74) is 9.02. The van der Waals surface area contributed by atoms with Crippen LogP contribution in [-0.2, 0) is 0 Å². The zero-order chi connectivity index (χ0) is 26.6. The van der Waals surface area contributed by atoms with Gasteiger partial charge in [-0.2, -0.15) is 0 Å². The average Bonchev–Trinajstić information content (AvgIpc) is 3.34. The molecule has 0 unspecified atom stereocenters. The Morgan fingerprint density at radius 2 is 1.10 bits per heavy atom. The molecule has 0 saturated heterocycles. The van der Waals surface area contributed by atoms with Crippen LogP contribution < -0.4 is 0 Å². The van der Waals surface area contributed by atoms with Crippen molar-refractivity contribution in [2.45, 2.75) is 0 Å². The summed E-state index contributed by atoms with van der Waals surface area (Å²) in [5.74, 6) is 0. The number of hydrogen-bond acceptors (Lipinski definition) is 2. The molecule has 2 aromatic heterocycles. The minimum Gasteiger partial charge on any atom is -0.309 e. The molecule has 6 aromatic carbocycles. The number of halogens is 1. The molecule has 0 fully saturated rings. The highest BCUT2D eigenvalue weighted by Crippen LogP contribution is 2.39. The van der Waals surface area contributed by atoms with Crippen molar-refractivity contribution in [1.82, 2.24) is 14.5 Å². The van der Waals surface area contributed by atoms with Crippen molar-refractivity contribution in [3.63, 3.8) is 0 Å². The van der Waals surface area contributed by atoms with Crippen molar-refractivity contribution in [3.05, 3.63) is 138 Å². The monoisotopic (exact) mass is 575 g/mol. The van der Waals surface area contributed by atoms with E-state index in [0.29, 0.717) is 0 Å². The number of fused-ring (bicyclic) bond motifs is 5. The molecule has 0 aliphatic rings. The van der Waals surface area contributed by atoms with E-state index in [1.165, 1.54) is 21.7 Å². The average molecular weight is 576 g/mol. The third-order valence-corrected chi connectivity index (χ3v) is 8.27. The lowest BCUT2D eigenvalue weighted by Gasteiger charge is -2.13. The second kappa shape index (κ2) is 9.15. The maximum absolute atomic E-state index is 5.21. The fourth-order valence-electron chi connectivity index (χ4n) is 5.78. The fourth-order valence-corrected chi connectivity index (χ4v) is 6.38. The number of nitrogens with zero attached hydrogens (tertiary/aromatic N) is 3. The van der Waals surface area contributed by atoms with Gasteiger partial charge in [-0.25, -0.2) is 9.97 Å². The van der Waals surface area contributed by atoms with E-state index in [4.69, 9.17) is 9.97 Å². The molecule has 2 heterocycles. The van der Waals surface area contributed by atoms with Crippen LogP contribution in [0.15, 0.2) is 138 Å². The van der Waals surface area contributed by atoms with Crippen molar-refractivity contribution < 1.29 is 0 Å². The molecular formula is C36H22BrN3. The second-order valence-electron chi connectivity index (χ2n) is 10.0. The Bertz CT molecular complexity index is 2230. The van der Waals surface area contributed by atoms with E-state index in [1.54, 1.807) is 0 Å². The van der Waals surface area contributed by atoms with Crippen LogP contribution in [0.1, 0.15) is 0 Å². The molecule has 0 aliphatic carbocycles. The Labute approximate surface area is 239 Å². The van der Waals surface area contributed by atoms with Crippen molar-refractivity contribution in [1.29, 1.82) is 0 Å². The molecule has 0 amide bonds. The molecule has 0 atom stereocenters. The van der Waals surface area contributed by atoms with Gasteiger partial charge in [0.25, 0.3) is 0 Å². The third kappa shape index (κ3) is 3.64. The van der Waals surface area contributed by atoms with Gasteiger partial charge in [0.15, 0.2) is 0 Å². The number of hydrogen-bond donors (Lipinski definition) is 0. The highest BCUT2D eigenvalue weighted by atomic mass is 79.9. The number of benzene rings is 6. The minimum atomic E-state index is 0.867. The van der Waals surface area contributed by atoms with Gasteiger partial charge in [-0.3, -0.25) is 0 Å². The summed E-state index contributed by atoms with van der Waals surface area (Å²) in [5, 5.41) is 4.78. The summed E-state index contributed by atoms with van der Waals surface area (Å²) in [6.45, 7) is 0. The maximum atomic E-state index is 5.21. The van der Waals surface area contributed by atoms with Crippen molar-refractivity contribution in [2.75, 3.05) is 0 Å². The van der Waals surface area contributed by atoms with Gasteiger partial charge in [0, 0.05) is 32.1 Å². The predicted molar refractivity (Wildman–Crippen MR) is 170 cm³/mol. The zero-order valence-electron chi connectivity index (χ0n) is 21.4. The first-order valence-corrected chi connectivity index (χ1v) is 14.1. The Balaban J connectivity index is 1.44. The first kappa shape index (κ1) is 23.1. The molecule has 8 aromatic rings. The van der Waals surface area contributed by atoms with Gasteiger partial charge < -0.3 is 4.57 Å². The molecular weight excluding hydrogens is 554 g/mol. The molecule has 8 rings (SSSR count). The van der Waals surface area contributed by atoms with Crippen molar-refractivity contribution in [3.8, 4) is 28.2 Å². The van der Waals surface area contributed by atoms with Crippen LogP contribution >= 0.6 is 15.9 Å². The van der Waals surface area contributed by atoms with Crippen molar-refractivity contribution >= 4 is 59.5 Å². The van der Waals surface area contributed by atoms with Gasteiger partial charge >= 0.3 is 0 Å². The van der Waals surface area contributed by atoms with Crippen LogP contribution in [0, 0.1) is 0 Å². The first-order chi connectivity index (χ1) is 19.7. The van der Waals surface area contributed by atoms with E-state index in [0.717, 1.165) is 54.6 Å². The summed E-state index contributed by atoms with van der Waals surface area (Å²) >= 11 is 3.81. The number of rotatable bonds is 3. The molecule has 0 N–H and O–H groups in total. The molecule has 188 valence electrons. The van der Waals surface area contributed by atoms with Gasteiger partial charge in [-0.1, -0.05) is 101 Å². The summed E-state index contributed by atoms with van der Waals surface area (Å²) < 4.78 is 3.38. The fraction of sp³-hybridized carbons (Fsp3) is 0. The largest absolute Gasteiger partial charge is 0.309 e. The lowest BCUT2D eigenvalue weighted by atomic mass is 9.99. The third-order valence-electron chi connectivity index (χ3n) is 7.62. The van der Waals surface area contributed by atoms with Crippen LogP contribution in [0.25, 0.3) is 71.8 Å². The van der Waals surface area contributed by atoms with Crippen LogP contribution in [0.4, 0.5) is 0 Å². The van der Waals surface area contributed by atoms with E-state index in [1.807, 2.05) is 24.3 Å². The molecule has 4 heteroatoms. The van der Waals surface area contributed by atoms with E-state index < -0.39 is 0 Å². The normalized spacial score (nSPS) is 11.6. The van der Waals surface area contributed by atoms with E-state index in [-0.39, 0.29) is 0 Å². The Hall–Kier alpha value is -4.80. The van der Waals surface area contributed by atoms with Gasteiger partial charge in [0.1, 0.15) is 0 Å². The standard InChI is InChI=1S/C36H22BrN3/c37-30-21-25(20-23-10-4-5-13-27(23)30)36-35(38-31-15-7-8-16-32(31)39-36)24-18-19-29-28-14-6-9-17-33(28)40(34(29)22-24)26-11-2-1-3-12-26/h1-22H. The molecule has 40 heavy (non-hydrogen) atoms.